The number of likely N-dealkylation sites (tertiary alicyclic amines) is 1. The van der Waals surface area contributed by atoms with Gasteiger partial charge in [0, 0.05) is 36.9 Å². The Morgan fingerprint density at radius 1 is 1.24 bits per heavy atom. The van der Waals surface area contributed by atoms with Gasteiger partial charge in [0.2, 0.25) is 0 Å². The van der Waals surface area contributed by atoms with Gasteiger partial charge in [0.1, 0.15) is 5.69 Å². The van der Waals surface area contributed by atoms with E-state index in [9.17, 15) is 4.79 Å². The lowest BCUT2D eigenvalue weighted by molar-refractivity contribution is 0.158. The Morgan fingerprint density at radius 2 is 2.00 bits per heavy atom. The van der Waals surface area contributed by atoms with Crippen molar-refractivity contribution >= 4 is 22.3 Å². The SMILES string of the molecule is COc1c(N2CC3CCCN(C)C3C2)c(F)c(N)c2c(=O)c(C)cn(C3CC3)c12. The van der Waals surface area contributed by atoms with E-state index in [0.29, 0.717) is 40.5 Å². The molecule has 29 heavy (non-hydrogen) atoms. The molecule has 3 heterocycles. The van der Waals surface area contributed by atoms with Crippen LogP contribution in [-0.2, 0) is 0 Å². The van der Waals surface area contributed by atoms with E-state index in [0.717, 1.165) is 38.9 Å². The van der Waals surface area contributed by atoms with Crippen molar-refractivity contribution in [2.45, 2.75) is 44.7 Å². The number of ether oxygens (including phenoxy) is 1. The van der Waals surface area contributed by atoms with Crippen LogP contribution in [0.2, 0.25) is 0 Å². The van der Waals surface area contributed by atoms with Gasteiger partial charge in [0.05, 0.1) is 23.7 Å². The Bertz CT molecular complexity index is 1050. The largest absolute Gasteiger partial charge is 0.492 e. The van der Waals surface area contributed by atoms with Crippen LogP contribution in [0.1, 0.15) is 37.3 Å². The van der Waals surface area contributed by atoms with E-state index >= 15 is 4.39 Å². The molecule has 156 valence electrons. The highest BCUT2D eigenvalue weighted by Gasteiger charge is 2.40. The third-order valence-electron chi connectivity index (χ3n) is 7.08. The summed E-state index contributed by atoms with van der Waals surface area (Å²) in [5, 5.41) is 0.253. The fourth-order valence-electron chi connectivity index (χ4n) is 5.40. The summed E-state index contributed by atoms with van der Waals surface area (Å²) in [6, 6.07) is 0.726. The summed E-state index contributed by atoms with van der Waals surface area (Å²) in [6.07, 6.45) is 6.30. The summed E-state index contributed by atoms with van der Waals surface area (Å²) >= 11 is 0. The second-order valence-electron chi connectivity index (χ2n) is 8.97. The molecule has 3 aliphatic rings. The molecule has 0 spiro atoms. The Hall–Kier alpha value is -2.28. The molecule has 1 aromatic carbocycles. The number of nitrogen functional groups attached to an aromatic ring is 1. The highest BCUT2D eigenvalue weighted by molar-refractivity contribution is 6.00. The van der Waals surface area contributed by atoms with Crippen molar-refractivity contribution in [3.63, 3.8) is 0 Å². The van der Waals surface area contributed by atoms with Crippen LogP contribution in [-0.4, -0.2) is 49.3 Å². The zero-order valence-electron chi connectivity index (χ0n) is 17.4. The Labute approximate surface area is 170 Å². The van der Waals surface area contributed by atoms with Crippen LogP contribution in [0.3, 0.4) is 0 Å². The summed E-state index contributed by atoms with van der Waals surface area (Å²) in [6.45, 7) is 4.38. The summed E-state index contributed by atoms with van der Waals surface area (Å²) in [5.41, 5.74) is 7.63. The molecule has 2 aromatic rings. The zero-order valence-corrected chi connectivity index (χ0v) is 17.4. The number of nitrogens with two attached hydrogens (primary N) is 1. The molecule has 1 aliphatic carbocycles. The molecule has 0 radical (unpaired) electrons. The average Bonchev–Trinajstić information content (AvgIpc) is 3.45. The summed E-state index contributed by atoms with van der Waals surface area (Å²) < 4.78 is 23.5. The van der Waals surface area contributed by atoms with Gasteiger partial charge in [0.15, 0.2) is 17.0 Å². The number of pyridine rings is 1. The number of anilines is 2. The Morgan fingerprint density at radius 3 is 2.66 bits per heavy atom. The molecule has 5 rings (SSSR count). The highest BCUT2D eigenvalue weighted by atomic mass is 19.1. The highest BCUT2D eigenvalue weighted by Crippen LogP contribution is 2.47. The maximum atomic E-state index is 15.7. The topological polar surface area (TPSA) is 63.7 Å². The zero-order chi connectivity index (χ0) is 20.4. The molecule has 7 heteroatoms. The average molecular weight is 400 g/mol. The number of halogens is 1. The van der Waals surface area contributed by atoms with Crippen LogP contribution in [0.4, 0.5) is 15.8 Å². The number of rotatable bonds is 3. The molecule has 2 aliphatic heterocycles. The van der Waals surface area contributed by atoms with E-state index < -0.39 is 5.82 Å². The number of benzene rings is 1. The second kappa shape index (κ2) is 6.62. The number of methoxy groups -OCH3 is 1. The lowest BCUT2D eigenvalue weighted by Crippen LogP contribution is -2.42. The van der Waals surface area contributed by atoms with E-state index in [1.165, 1.54) is 6.42 Å². The first-order valence-corrected chi connectivity index (χ1v) is 10.6. The van der Waals surface area contributed by atoms with E-state index in [1.807, 2.05) is 6.20 Å². The number of aromatic nitrogens is 1. The van der Waals surface area contributed by atoms with Crippen LogP contribution < -0.4 is 20.8 Å². The molecule has 2 atom stereocenters. The second-order valence-corrected chi connectivity index (χ2v) is 8.97. The maximum absolute atomic E-state index is 15.7. The predicted molar refractivity (Wildman–Crippen MR) is 113 cm³/mol. The molecule has 0 amide bonds. The maximum Gasteiger partial charge on any atom is 0.194 e. The molecule has 2 N–H and O–H groups in total. The fourth-order valence-corrected chi connectivity index (χ4v) is 5.40. The lowest BCUT2D eigenvalue weighted by atomic mass is 9.93. The number of likely N-dealkylation sites (N-methyl/N-ethyl adjacent to an activating group) is 1. The van der Waals surface area contributed by atoms with E-state index in [2.05, 4.69) is 21.4 Å². The summed E-state index contributed by atoms with van der Waals surface area (Å²) in [5.74, 6) is 0.427. The molecule has 2 unspecified atom stereocenters. The quantitative estimate of drug-likeness (QED) is 0.803. The van der Waals surface area contributed by atoms with Gasteiger partial charge in [-0.2, -0.15) is 0 Å². The van der Waals surface area contributed by atoms with E-state index in [1.54, 1.807) is 14.0 Å². The Kier molecular flexibility index (Phi) is 4.28. The first kappa shape index (κ1) is 18.7. The van der Waals surface area contributed by atoms with Gasteiger partial charge in [-0.3, -0.25) is 4.79 Å². The number of hydrogen-bond donors (Lipinski definition) is 1. The van der Waals surface area contributed by atoms with Gasteiger partial charge in [-0.1, -0.05) is 0 Å². The molecule has 6 nitrogen and oxygen atoms in total. The molecule has 1 saturated carbocycles. The third kappa shape index (κ3) is 2.74. The number of nitrogens with zero attached hydrogens (tertiary/aromatic N) is 3. The number of fused-ring (bicyclic) bond motifs is 2. The van der Waals surface area contributed by atoms with Crippen molar-refractivity contribution in [1.82, 2.24) is 9.47 Å². The smallest absolute Gasteiger partial charge is 0.194 e. The van der Waals surface area contributed by atoms with Crippen molar-refractivity contribution in [2.75, 3.05) is 44.4 Å². The van der Waals surface area contributed by atoms with E-state index in [4.69, 9.17) is 10.5 Å². The van der Waals surface area contributed by atoms with Crippen LogP contribution in [0, 0.1) is 18.7 Å². The van der Waals surface area contributed by atoms with Crippen LogP contribution >= 0.6 is 0 Å². The van der Waals surface area contributed by atoms with E-state index in [-0.39, 0.29) is 16.5 Å². The van der Waals surface area contributed by atoms with Crippen molar-refractivity contribution in [3.05, 3.63) is 27.8 Å². The first-order chi connectivity index (χ1) is 13.9. The van der Waals surface area contributed by atoms with Crippen molar-refractivity contribution in [2.24, 2.45) is 5.92 Å². The number of aryl methyl sites for hydroxylation is 1. The van der Waals surface area contributed by atoms with Gasteiger partial charge in [0.25, 0.3) is 0 Å². The van der Waals surface area contributed by atoms with Gasteiger partial charge >= 0.3 is 0 Å². The number of piperidine rings is 1. The van der Waals surface area contributed by atoms with Crippen LogP contribution in [0.15, 0.2) is 11.0 Å². The first-order valence-electron chi connectivity index (χ1n) is 10.6. The minimum absolute atomic E-state index is 0.0536. The number of hydrogen-bond acceptors (Lipinski definition) is 5. The molecule has 0 bridgehead atoms. The van der Waals surface area contributed by atoms with Gasteiger partial charge in [-0.25, -0.2) is 4.39 Å². The van der Waals surface area contributed by atoms with Crippen molar-refractivity contribution in [3.8, 4) is 5.75 Å². The standard InChI is InChI=1S/C22H29FN4O2/c1-12-9-27(14-6-7-14)19-16(21(12)28)18(24)17(23)20(22(19)29-3)26-10-13-5-4-8-25(2)15(13)11-26/h9,13-15H,4-8,10-11,24H2,1-3H3. The van der Waals surface area contributed by atoms with Gasteiger partial charge in [-0.15, -0.1) is 0 Å². The summed E-state index contributed by atoms with van der Waals surface area (Å²) in [4.78, 5) is 17.4. The van der Waals surface area contributed by atoms with Crippen LogP contribution in [0.5, 0.6) is 5.75 Å². The van der Waals surface area contributed by atoms with Crippen LogP contribution in [0.25, 0.3) is 10.9 Å². The normalized spacial score (nSPS) is 24.9. The molecular weight excluding hydrogens is 371 g/mol. The minimum atomic E-state index is -0.527. The van der Waals surface area contributed by atoms with Crippen molar-refractivity contribution < 1.29 is 9.13 Å². The molecule has 1 aromatic heterocycles. The van der Waals surface area contributed by atoms with Gasteiger partial charge in [-0.05, 0) is 52.1 Å². The van der Waals surface area contributed by atoms with Gasteiger partial charge < -0.3 is 24.8 Å². The molecule has 2 saturated heterocycles. The Balaban J connectivity index is 1.75. The minimum Gasteiger partial charge on any atom is -0.492 e. The monoisotopic (exact) mass is 400 g/mol. The summed E-state index contributed by atoms with van der Waals surface area (Å²) in [7, 11) is 3.71. The molecule has 3 fully saturated rings. The van der Waals surface area contributed by atoms with Crippen molar-refractivity contribution in [1.29, 1.82) is 0 Å². The fraction of sp³-hybridized carbons (Fsp3) is 0.591. The third-order valence-corrected chi connectivity index (χ3v) is 7.08. The predicted octanol–water partition coefficient (Wildman–Crippen LogP) is 2.91. The lowest BCUT2D eigenvalue weighted by Gasteiger charge is -2.33. The molecular formula is C22H29FN4O2.